The monoisotopic (exact) mass is 398 g/mol. The highest BCUT2D eigenvalue weighted by Crippen LogP contribution is 2.24. The third kappa shape index (κ3) is 5.94. The van der Waals surface area contributed by atoms with Crippen LogP contribution >= 0.6 is 23.4 Å². The van der Waals surface area contributed by atoms with Crippen LogP contribution in [0.2, 0.25) is 5.02 Å². The zero-order valence-corrected chi connectivity index (χ0v) is 15.8. The molecule has 0 aliphatic carbocycles. The Bertz CT molecular complexity index is 926. The molecule has 3 aromatic rings. The van der Waals surface area contributed by atoms with Crippen molar-refractivity contribution in [1.82, 2.24) is 5.43 Å². The minimum atomic E-state index is -0.314. The van der Waals surface area contributed by atoms with Crippen LogP contribution in [0.15, 0.2) is 82.8 Å². The van der Waals surface area contributed by atoms with E-state index in [-0.39, 0.29) is 11.7 Å². The molecule has 0 spiro atoms. The van der Waals surface area contributed by atoms with Crippen molar-refractivity contribution >= 4 is 35.5 Å². The normalized spacial score (nSPS) is 10.9. The van der Waals surface area contributed by atoms with Gasteiger partial charge in [0.05, 0.1) is 6.21 Å². The van der Waals surface area contributed by atoms with Crippen molar-refractivity contribution < 1.29 is 9.18 Å². The first kappa shape index (κ1) is 19.1. The SMILES string of the molecule is O=C(N/N=C/c1ccc(F)cc1)c1ccc(CSc2ccc(Cl)cc2)cc1. The van der Waals surface area contributed by atoms with E-state index in [2.05, 4.69) is 10.5 Å². The molecule has 3 nitrogen and oxygen atoms in total. The molecule has 0 bridgehead atoms. The van der Waals surface area contributed by atoms with Gasteiger partial charge in [-0.15, -0.1) is 11.8 Å². The summed E-state index contributed by atoms with van der Waals surface area (Å²) in [5.74, 6) is 0.183. The summed E-state index contributed by atoms with van der Waals surface area (Å²) in [6.07, 6.45) is 1.47. The van der Waals surface area contributed by atoms with E-state index in [0.29, 0.717) is 11.1 Å². The lowest BCUT2D eigenvalue weighted by atomic mass is 10.1. The molecule has 0 atom stereocenters. The standard InChI is InChI=1S/C21H16ClFN2OS/c22-18-7-11-20(12-8-18)27-14-16-1-5-17(6-2-16)21(26)25-24-13-15-3-9-19(23)10-4-15/h1-13H,14H2,(H,25,26)/b24-13+. The van der Waals surface area contributed by atoms with Gasteiger partial charge < -0.3 is 0 Å². The molecule has 0 fully saturated rings. The average molecular weight is 399 g/mol. The number of hydrogen-bond acceptors (Lipinski definition) is 3. The molecule has 0 aliphatic rings. The van der Waals surface area contributed by atoms with Gasteiger partial charge in [0.2, 0.25) is 0 Å². The minimum Gasteiger partial charge on any atom is -0.267 e. The Morgan fingerprint density at radius 3 is 2.33 bits per heavy atom. The first-order chi connectivity index (χ1) is 13.1. The molecule has 0 aliphatic heterocycles. The number of benzene rings is 3. The number of thioether (sulfide) groups is 1. The van der Waals surface area contributed by atoms with Crippen molar-refractivity contribution in [3.8, 4) is 0 Å². The third-order valence-electron chi connectivity index (χ3n) is 3.68. The molecule has 27 heavy (non-hydrogen) atoms. The molecule has 0 radical (unpaired) electrons. The van der Waals surface area contributed by atoms with Crippen molar-refractivity contribution in [3.63, 3.8) is 0 Å². The molecule has 136 valence electrons. The van der Waals surface area contributed by atoms with Crippen molar-refractivity contribution in [2.24, 2.45) is 5.10 Å². The number of nitrogens with one attached hydrogen (secondary N) is 1. The highest BCUT2D eigenvalue weighted by molar-refractivity contribution is 7.98. The van der Waals surface area contributed by atoms with Crippen molar-refractivity contribution in [1.29, 1.82) is 0 Å². The Labute approximate surface area is 166 Å². The van der Waals surface area contributed by atoms with E-state index in [0.717, 1.165) is 21.2 Å². The molecule has 1 N–H and O–H groups in total. The molecule has 0 unspecified atom stereocenters. The molecule has 0 heterocycles. The van der Waals surface area contributed by atoms with Crippen LogP contribution in [0.4, 0.5) is 4.39 Å². The Hall–Kier alpha value is -2.63. The van der Waals surface area contributed by atoms with Crippen molar-refractivity contribution in [2.45, 2.75) is 10.6 Å². The Morgan fingerprint density at radius 1 is 1.00 bits per heavy atom. The maximum Gasteiger partial charge on any atom is 0.271 e. The fourth-order valence-corrected chi connectivity index (χ4v) is 3.21. The van der Waals surface area contributed by atoms with E-state index >= 15 is 0 Å². The summed E-state index contributed by atoms with van der Waals surface area (Å²) in [6, 6.07) is 20.9. The fraction of sp³-hybridized carbons (Fsp3) is 0.0476. The van der Waals surface area contributed by atoms with Gasteiger partial charge in [-0.1, -0.05) is 35.9 Å². The van der Waals surface area contributed by atoms with E-state index in [4.69, 9.17) is 11.6 Å². The summed E-state index contributed by atoms with van der Waals surface area (Å²) in [7, 11) is 0. The van der Waals surface area contributed by atoms with Crippen LogP contribution < -0.4 is 5.43 Å². The number of amides is 1. The highest BCUT2D eigenvalue weighted by atomic mass is 35.5. The second-order valence-corrected chi connectivity index (χ2v) is 7.18. The topological polar surface area (TPSA) is 41.5 Å². The molecular formula is C21H16ClFN2OS. The van der Waals surface area contributed by atoms with Crippen molar-refractivity contribution in [3.05, 3.63) is 100 Å². The van der Waals surface area contributed by atoms with Crippen LogP contribution in [0, 0.1) is 5.82 Å². The van der Waals surface area contributed by atoms with E-state index in [1.165, 1.54) is 18.3 Å². The van der Waals surface area contributed by atoms with Crippen LogP contribution in [-0.4, -0.2) is 12.1 Å². The van der Waals surface area contributed by atoms with Crippen LogP contribution in [0.3, 0.4) is 0 Å². The number of halogens is 2. The van der Waals surface area contributed by atoms with E-state index < -0.39 is 0 Å². The Balaban J connectivity index is 1.52. The van der Waals surface area contributed by atoms with Gasteiger partial charge in [0.25, 0.3) is 5.91 Å². The summed E-state index contributed by atoms with van der Waals surface area (Å²) in [6.45, 7) is 0. The third-order valence-corrected chi connectivity index (χ3v) is 5.02. The van der Waals surface area contributed by atoms with Crippen LogP contribution in [0.1, 0.15) is 21.5 Å². The van der Waals surface area contributed by atoms with Gasteiger partial charge >= 0.3 is 0 Å². The number of carbonyl (C=O) groups is 1. The lowest BCUT2D eigenvalue weighted by Gasteiger charge is -2.04. The second-order valence-electron chi connectivity index (χ2n) is 5.69. The molecular weight excluding hydrogens is 383 g/mol. The molecule has 0 saturated carbocycles. The first-order valence-electron chi connectivity index (χ1n) is 8.16. The Kier molecular flexibility index (Phi) is 6.63. The predicted octanol–water partition coefficient (Wildman–Crippen LogP) is 5.54. The van der Waals surface area contributed by atoms with Gasteiger partial charge in [-0.05, 0) is 59.7 Å². The smallest absolute Gasteiger partial charge is 0.267 e. The van der Waals surface area contributed by atoms with E-state index in [1.807, 2.05) is 36.4 Å². The number of rotatable bonds is 6. The van der Waals surface area contributed by atoms with Crippen LogP contribution in [-0.2, 0) is 5.75 Å². The van der Waals surface area contributed by atoms with Gasteiger partial charge in [0, 0.05) is 21.2 Å². The summed E-state index contributed by atoms with van der Waals surface area (Å²) in [4.78, 5) is 13.2. The lowest BCUT2D eigenvalue weighted by Crippen LogP contribution is -2.17. The number of hydrogen-bond donors (Lipinski definition) is 1. The summed E-state index contributed by atoms with van der Waals surface area (Å²) in [5.41, 5.74) is 4.80. The van der Waals surface area contributed by atoms with Gasteiger partial charge in [0.15, 0.2) is 0 Å². The van der Waals surface area contributed by atoms with Crippen molar-refractivity contribution in [2.75, 3.05) is 0 Å². The predicted molar refractivity (Wildman–Crippen MR) is 109 cm³/mol. The van der Waals surface area contributed by atoms with Gasteiger partial charge in [-0.25, -0.2) is 9.82 Å². The van der Waals surface area contributed by atoms with E-state index in [1.54, 1.807) is 36.0 Å². The number of carbonyl (C=O) groups excluding carboxylic acids is 1. The van der Waals surface area contributed by atoms with E-state index in [9.17, 15) is 9.18 Å². The van der Waals surface area contributed by atoms with Crippen LogP contribution in [0.25, 0.3) is 0 Å². The quantitative estimate of drug-likeness (QED) is 0.336. The average Bonchev–Trinajstić information content (AvgIpc) is 2.69. The number of hydrazone groups is 1. The molecule has 1 amide bonds. The molecule has 3 rings (SSSR count). The van der Waals surface area contributed by atoms with Gasteiger partial charge in [0.1, 0.15) is 5.82 Å². The molecule has 0 saturated heterocycles. The summed E-state index contributed by atoms with van der Waals surface area (Å²) in [5, 5.41) is 4.61. The zero-order chi connectivity index (χ0) is 19.1. The number of nitrogens with zero attached hydrogens (tertiary/aromatic N) is 1. The summed E-state index contributed by atoms with van der Waals surface area (Å²) < 4.78 is 12.8. The second kappa shape index (κ2) is 9.35. The summed E-state index contributed by atoms with van der Waals surface area (Å²) >= 11 is 7.58. The maximum absolute atomic E-state index is 12.8. The Morgan fingerprint density at radius 2 is 1.67 bits per heavy atom. The van der Waals surface area contributed by atoms with Gasteiger partial charge in [-0.2, -0.15) is 5.10 Å². The highest BCUT2D eigenvalue weighted by Gasteiger charge is 2.04. The lowest BCUT2D eigenvalue weighted by molar-refractivity contribution is 0.0955. The zero-order valence-electron chi connectivity index (χ0n) is 14.2. The minimum absolute atomic E-state index is 0.301. The largest absolute Gasteiger partial charge is 0.271 e. The van der Waals surface area contributed by atoms with Gasteiger partial charge in [-0.3, -0.25) is 4.79 Å². The molecule has 3 aromatic carbocycles. The fourth-order valence-electron chi connectivity index (χ4n) is 2.23. The maximum atomic E-state index is 12.8. The molecule has 0 aromatic heterocycles. The van der Waals surface area contributed by atoms with Crippen LogP contribution in [0.5, 0.6) is 0 Å². The molecule has 6 heteroatoms. The first-order valence-corrected chi connectivity index (χ1v) is 9.53.